The topological polar surface area (TPSA) is 71.1 Å². The van der Waals surface area contributed by atoms with Crippen molar-refractivity contribution >= 4 is 50.7 Å². The molecule has 0 unspecified atom stereocenters. The van der Waals surface area contributed by atoms with E-state index in [0.717, 1.165) is 22.3 Å². The molecular formula is C28H29BrClN3O4. The molecule has 0 bridgehead atoms. The Morgan fingerprint density at radius 1 is 0.919 bits per heavy atom. The fourth-order valence-corrected chi connectivity index (χ4v) is 4.53. The second kappa shape index (κ2) is 12.8. The number of amides is 2. The number of rotatable bonds is 9. The van der Waals surface area contributed by atoms with E-state index in [0.29, 0.717) is 54.8 Å². The van der Waals surface area contributed by atoms with Crippen molar-refractivity contribution in [3.05, 3.63) is 81.8 Å². The molecule has 3 aromatic carbocycles. The normalized spacial score (nSPS) is 13.3. The fraction of sp³-hybridized carbons (Fsp3) is 0.286. The lowest BCUT2D eigenvalue weighted by molar-refractivity contribution is -0.118. The van der Waals surface area contributed by atoms with Gasteiger partial charge in [0.05, 0.1) is 17.3 Å². The highest BCUT2D eigenvalue weighted by Crippen LogP contribution is 2.30. The molecule has 1 heterocycles. The smallest absolute Gasteiger partial charge is 0.262 e. The maximum atomic E-state index is 12.9. The first kappa shape index (κ1) is 26.8. The van der Waals surface area contributed by atoms with Crippen LogP contribution in [0.2, 0.25) is 5.02 Å². The number of hydrogen-bond acceptors (Lipinski definition) is 5. The number of carbonyl (C=O) groups excluding carboxylic acids is 2. The Hall–Kier alpha value is -3.23. The summed E-state index contributed by atoms with van der Waals surface area (Å²) in [5.41, 5.74) is 2.12. The van der Waals surface area contributed by atoms with Crippen LogP contribution in [0, 0.1) is 0 Å². The number of anilines is 2. The van der Waals surface area contributed by atoms with Crippen LogP contribution in [-0.2, 0) is 4.79 Å². The molecule has 0 atom stereocenters. The molecule has 0 radical (unpaired) electrons. The summed E-state index contributed by atoms with van der Waals surface area (Å²) < 4.78 is 12.1. The van der Waals surface area contributed by atoms with Crippen LogP contribution in [0.1, 0.15) is 23.7 Å². The van der Waals surface area contributed by atoms with Gasteiger partial charge in [0.1, 0.15) is 11.5 Å². The molecule has 7 nitrogen and oxygen atoms in total. The van der Waals surface area contributed by atoms with Crippen molar-refractivity contribution < 1.29 is 19.1 Å². The molecule has 0 aromatic heterocycles. The largest absolute Gasteiger partial charge is 0.494 e. The lowest BCUT2D eigenvalue weighted by atomic mass is 10.1. The number of nitrogens with zero attached hydrogens (tertiary/aromatic N) is 2. The SMILES string of the molecule is CCCOc1ccc(C(=O)N2CCN(c3ccc(NC(=O)COc4ccc(Br)cc4)cc3Cl)CC2)cc1. The third-order valence-electron chi connectivity index (χ3n) is 5.90. The van der Waals surface area contributed by atoms with Crippen LogP contribution in [0.25, 0.3) is 0 Å². The van der Waals surface area contributed by atoms with E-state index in [1.54, 1.807) is 18.2 Å². The van der Waals surface area contributed by atoms with Crippen LogP contribution in [0.3, 0.4) is 0 Å². The van der Waals surface area contributed by atoms with E-state index in [-0.39, 0.29) is 18.4 Å². The predicted molar refractivity (Wildman–Crippen MR) is 150 cm³/mol. The average molecular weight is 587 g/mol. The van der Waals surface area contributed by atoms with Crippen LogP contribution in [0.15, 0.2) is 71.2 Å². The minimum Gasteiger partial charge on any atom is -0.494 e. The molecular weight excluding hydrogens is 558 g/mol. The summed E-state index contributed by atoms with van der Waals surface area (Å²) in [4.78, 5) is 29.2. The van der Waals surface area contributed by atoms with E-state index >= 15 is 0 Å². The lowest BCUT2D eigenvalue weighted by Gasteiger charge is -2.36. The number of halogens is 2. The summed E-state index contributed by atoms with van der Waals surface area (Å²) in [6.45, 7) is 5.12. The molecule has 0 spiro atoms. The number of hydrogen-bond donors (Lipinski definition) is 1. The second-order valence-corrected chi connectivity index (χ2v) is 9.93. The zero-order chi connectivity index (χ0) is 26.2. The van der Waals surface area contributed by atoms with Crippen molar-refractivity contribution in [2.45, 2.75) is 13.3 Å². The van der Waals surface area contributed by atoms with Gasteiger partial charge in [0, 0.05) is 41.9 Å². The Balaban J connectivity index is 1.27. The minimum absolute atomic E-state index is 0.0104. The van der Waals surface area contributed by atoms with Gasteiger partial charge in [0.25, 0.3) is 11.8 Å². The average Bonchev–Trinajstić information content (AvgIpc) is 2.92. The molecule has 2 amide bonds. The summed E-state index contributed by atoms with van der Waals surface area (Å²) >= 11 is 9.92. The number of piperazine rings is 1. The summed E-state index contributed by atoms with van der Waals surface area (Å²) in [5.74, 6) is 1.12. The van der Waals surface area contributed by atoms with Gasteiger partial charge < -0.3 is 24.6 Å². The van der Waals surface area contributed by atoms with Crippen molar-refractivity contribution in [2.24, 2.45) is 0 Å². The number of nitrogens with one attached hydrogen (secondary N) is 1. The maximum absolute atomic E-state index is 12.9. The lowest BCUT2D eigenvalue weighted by Crippen LogP contribution is -2.48. The summed E-state index contributed by atoms with van der Waals surface area (Å²) in [6, 6.07) is 20.0. The second-order valence-electron chi connectivity index (χ2n) is 8.61. The van der Waals surface area contributed by atoms with Crippen LogP contribution in [-0.4, -0.2) is 56.1 Å². The van der Waals surface area contributed by atoms with Gasteiger partial charge in [-0.05, 0) is 73.2 Å². The zero-order valence-electron chi connectivity index (χ0n) is 20.6. The molecule has 0 saturated carbocycles. The monoisotopic (exact) mass is 585 g/mol. The molecule has 1 N–H and O–H groups in total. The molecule has 9 heteroatoms. The van der Waals surface area contributed by atoms with E-state index < -0.39 is 0 Å². The van der Waals surface area contributed by atoms with Gasteiger partial charge in [-0.15, -0.1) is 0 Å². The summed E-state index contributed by atoms with van der Waals surface area (Å²) in [6.07, 6.45) is 0.939. The Morgan fingerprint density at radius 2 is 1.57 bits per heavy atom. The van der Waals surface area contributed by atoms with Gasteiger partial charge in [0.2, 0.25) is 0 Å². The molecule has 4 rings (SSSR count). The molecule has 37 heavy (non-hydrogen) atoms. The summed E-state index contributed by atoms with van der Waals surface area (Å²) in [7, 11) is 0. The Kier molecular flexibility index (Phi) is 9.30. The van der Waals surface area contributed by atoms with E-state index in [2.05, 4.69) is 33.1 Å². The van der Waals surface area contributed by atoms with E-state index in [1.165, 1.54) is 0 Å². The van der Waals surface area contributed by atoms with Gasteiger partial charge in [-0.2, -0.15) is 0 Å². The van der Waals surface area contributed by atoms with Crippen LogP contribution in [0.5, 0.6) is 11.5 Å². The van der Waals surface area contributed by atoms with Crippen molar-refractivity contribution in [1.29, 1.82) is 0 Å². The highest BCUT2D eigenvalue weighted by Gasteiger charge is 2.23. The predicted octanol–water partition coefficient (Wildman–Crippen LogP) is 5.87. The van der Waals surface area contributed by atoms with Gasteiger partial charge in [-0.3, -0.25) is 9.59 Å². The number of ether oxygens (including phenoxy) is 2. The fourth-order valence-electron chi connectivity index (χ4n) is 3.96. The standard InChI is InChI=1S/C28H29BrClN3O4/c1-2-17-36-23-8-3-20(4-9-23)28(35)33-15-13-32(14-16-33)26-12-7-22(18-25(26)30)31-27(34)19-37-24-10-5-21(29)6-11-24/h3-12,18H,2,13-17,19H2,1H3,(H,31,34). The Bertz CT molecular complexity index is 1210. The molecule has 194 valence electrons. The van der Waals surface area contributed by atoms with Crippen molar-refractivity contribution in [2.75, 3.05) is 49.6 Å². The third kappa shape index (κ3) is 7.40. The number of carbonyl (C=O) groups is 2. The minimum atomic E-state index is -0.274. The first-order chi connectivity index (χ1) is 17.9. The van der Waals surface area contributed by atoms with Gasteiger partial charge in [0.15, 0.2) is 6.61 Å². The quantitative estimate of drug-likeness (QED) is 0.340. The molecule has 1 aliphatic rings. The highest BCUT2D eigenvalue weighted by molar-refractivity contribution is 9.10. The Labute approximate surface area is 230 Å². The first-order valence-electron chi connectivity index (χ1n) is 12.2. The molecule has 1 saturated heterocycles. The molecule has 1 aliphatic heterocycles. The van der Waals surface area contributed by atoms with E-state index in [4.69, 9.17) is 21.1 Å². The van der Waals surface area contributed by atoms with Crippen LogP contribution < -0.4 is 19.7 Å². The third-order valence-corrected chi connectivity index (χ3v) is 6.73. The van der Waals surface area contributed by atoms with Gasteiger partial charge >= 0.3 is 0 Å². The van der Waals surface area contributed by atoms with Crippen LogP contribution >= 0.6 is 27.5 Å². The summed E-state index contributed by atoms with van der Waals surface area (Å²) in [5, 5.41) is 3.35. The van der Waals surface area contributed by atoms with Crippen LogP contribution in [0.4, 0.5) is 11.4 Å². The highest BCUT2D eigenvalue weighted by atomic mass is 79.9. The maximum Gasteiger partial charge on any atom is 0.262 e. The Morgan fingerprint density at radius 3 is 2.22 bits per heavy atom. The van der Waals surface area contributed by atoms with E-state index in [9.17, 15) is 9.59 Å². The molecule has 3 aromatic rings. The van der Waals surface area contributed by atoms with Gasteiger partial charge in [-0.25, -0.2) is 0 Å². The molecule has 1 fully saturated rings. The van der Waals surface area contributed by atoms with Crippen molar-refractivity contribution in [3.8, 4) is 11.5 Å². The first-order valence-corrected chi connectivity index (χ1v) is 13.3. The zero-order valence-corrected chi connectivity index (χ0v) is 22.9. The van der Waals surface area contributed by atoms with Crippen molar-refractivity contribution in [3.63, 3.8) is 0 Å². The van der Waals surface area contributed by atoms with E-state index in [1.807, 2.05) is 53.4 Å². The van der Waals surface area contributed by atoms with Gasteiger partial charge in [-0.1, -0.05) is 34.5 Å². The molecule has 0 aliphatic carbocycles. The number of benzene rings is 3. The van der Waals surface area contributed by atoms with Crippen molar-refractivity contribution in [1.82, 2.24) is 4.90 Å².